The number of nitrogens with one attached hydrogen (secondary N) is 4. The number of carboxylic acids is 1. The summed E-state index contributed by atoms with van der Waals surface area (Å²) in [7, 11) is 0. The van der Waals surface area contributed by atoms with Gasteiger partial charge in [0, 0.05) is 24.7 Å². The summed E-state index contributed by atoms with van der Waals surface area (Å²) >= 11 is 0. The first-order valence-electron chi connectivity index (χ1n) is 10.7. The molecule has 0 saturated carbocycles. The van der Waals surface area contributed by atoms with Crippen LogP contribution in [0.5, 0.6) is 5.75 Å². The molecule has 3 amide bonds. The molecule has 12 heteroatoms. The van der Waals surface area contributed by atoms with Crippen LogP contribution >= 0.6 is 0 Å². The van der Waals surface area contributed by atoms with E-state index in [0.29, 0.717) is 11.3 Å². The number of rotatable bonds is 12. The van der Waals surface area contributed by atoms with Crippen LogP contribution in [0.25, 0.3) is 0 Å². The number of H-pyrrole nitrogens is 1. The first-order valence-corrected chi connectivity index (χ1v) is 10.7. The normalized spacial score (nSPS) is 13.5. The average Bonchev–Trinajstić information content (AvgIpc) is 3.30. The molecule has 34 heavy (non-hydrogen) atoms. The monoisotopic (exact) mass is 474 g/mol. The Bertz CT molecular complexity index is 976. The second-order valence-electron chi connectivity index (χ2n) is 8.11. The summed E-state index contributed by atoms with van der Waals surface area (Å²) in [5.41, 5.74) is 6.57. The molecule has 1 aromatic heterocycles. The number of carboxylic acid groups (broad SMARTS) is 1. The van der Waals surface area contributed by atoms with Crippen LogP contribution in [0.4, 0.5) is 0 Å². The molecule has 1 aromatic carbocycles. The highest BCUT2D eigenvalue weighted by Crippen LogP contribution is 2.12. The first kappa shape index (κ1) is 26.3. The standard InChI is InChI=1S/C22H30N6O6/c1-12(2)19(22(33)34)28-21(32)17(8-14-10-24-11-25-14)27-20(31)16(26-18(30)9-23)7-13-3-5-15(29)6-4-13/h3-6,10-12,16-17,19,29H,7-9,23H2,1-2H3,(H,24,25)(H,26,30)(H,27,31)(H,28,32)(H,33,34). The number of hydrogen-bond acceptors (Lipinski definition) is 7. The Balaban J connectivity index is 2.24. The van der Waals surface area contributed by atoms with Gasteiger partial charge in [-0.05, 0) is 23.6 Å². The van der Waals surface area contributed by atoms with Crippen molar-refractivity contribution in [3.8, 4) is 5.75 Å². The molecular formula is C22H30N6O6. The predicted octanol–water partition coefficient (Wildman–Crippen LogP) is -0.946. The Morgan fingerprint density at radius 3 is 2.15 bits per heavy atom. The van der Waals surface area contributed by atoms with Gasteiger partial charge in [-0.2, -0.15) is 0 Å². The van der Waals surface area contributed by atoms with Crippen molar-refractivity contribution in [2.45, 2.75) is 44.8 Å². The van der Waals surface area contributed by atoms with Crippen molar-refractivity contribution in [2.24, 2.45) is 11.7 Å². The summed E-state index contributed by atoms with van der Waals surface area (Å²) in [5, 5.41) is 26.5. The number of aromatic nitrogens is 2. The Hall–Kier alpha value is -3.93. The van der Waals surface area contributed by atoms with Crippen LogP contribution in [0.1, 0.15) is 25.1 Å². The summed E-state index contributed by atoms with van der Waals surface area (Å²) < 4.78 is 0. The highest BCUT2D eigenvalue weighted by atomic mass is 16.4. The fourth-order valence-electron chi connectivity index (χ4n) is 3.20. The van der Waals surface area contributed by atoms with Crippen molar-refractivity contribution >= 4 is 23.7 Å². The van der Waals surface area contributed by atoms with Crippen LogP contribution < -0.4 is 21.7 Å². The van der Waals surface area contributed by atoms with Crippen LogP contribution in [0.3, 0.4) is 0 Å². The Kier molecular flexibility index (Phi) is 9.56. The van der Waals surface area contributed by atoms with E-state index in [1.54, 1.807) is 26.0 Å². The van der Waals surface area contributed by atoms with Gasteiger partial charge in [-0.1, -0.05) is 26.0 Å². The molecule has 184 valence electrons. The Morgan fingerprint density at radius 1 is 1.00 bits per heavy atom. The second-order valence-corrected chi connectivity index (χ2v) is 8.11. The van der Waals surface area contributed by atoms with Gasteiger partial charge in [-0.3, -0.25) is 14.4 Å². The zero-order valence-corrected chi connectivity index (χ0v) is 18.9. The van der Waals surface area contributed by atoms with E-state index in [2.05, 4.69) is 25.9 Å². The van der Waals surface area contributed by atoms with E-state index >= 15 is 0 Å². The third-order valence-corrected chi connectivity index (χ3v) is 5.06. The third-order valence-electron chi connectivity index (χ3n) is 5.06. The predicted molar refractivity (Wildman–Crippen MR) is 121 cm³/mol. The molecule has 0 fully saturated rings. The molecule has 3 atom stereocenters. The largest absolute Gasteiger partial charge is 0.508 e. The van der Waals surface area contributed by atoms with E-state index in [1.165, 1.54) is 24.7 Å². The van der Waals surface area contributed by atoms with E-state index in [-0.39, 0.29) is 25.1 Å². The third kappa shape index (κ3) is 7.89. The van der Waals surface area contributed by atoms with Gasteiger partial charge in [0.25, 0.3) is 0 Å². The zero-order valence-electron chi connectivity index (χ0n) is 18.9. The number of aliphatic carboxylic acids is 1. The van der Waals surface area contributed by atoms with Gasteiger partial charge < -0.3 is 36.9 Å². The van der Waals surface area contributed by atoms with Gasteiger partial charge >= 0.3 is 5.97 Å². The number of hydrogen-bond donors (Lipinski definition) is 7. The molecule has 0 aliphatic heterocycles. The zero-order chi connectivity index (χ0) is 25.3. The van der Waals surface area contributed by atoms with E-state index < -0.39 is 47.7 Å². The van der Waals surface area contributed by atoms with Crippen LogP contribution in [-0.2, 0) is 32.0 Å². The number of carbonyl (C=O) groups is 4. The Morgan fingerprint density at radius 2 is 1.62 bits per heavy atom. The number of phenols is 1. The number of amides is 3. The highest BCUT2D eigenvalue weighted by Gasteiger charge is 2.31. The maximum absolute atomic E-state index is 13.1. The first-order chi connectivity index (χ1) is 16.1. The maximum Gasteiger partial charge on any atom is 0.326 e. The lowest BCUT2D eigenvalue weighted by molar-refractivity contribution is -0.143. The van der Waals surface area contributed by atoms with Gasteiger partial charge in [0.1, 0.15) is 23.9 Å². The number of aromatic amines is 1. The number of nitrogens with two attached hydrogens (primary N) is 1. The topological polar surface area (TPSA) is 200 Å². The number of carbonyl (C=O) groups excluding carboxylic acids is 3. The number of imidazole rings is 1. The SMILES string of the molecule is CC(C)C(NC(=O)C(Cc1cnc[nH]1)NC(=O)C(Cc1ccc(O)cc1)NC(=O)CN)C(=O)O. The second kappa shape index (κ2) is 12.3. The summed E-state index contributed by atoms with van der Waals surface area (Å²) in [4.78, 5) is 56.3. The van der Waals surface area contributed by atoms with E-state index in [1.807, 2.05) is 0 Å². The van der Waals surface area contributed by atoms with Gasteiger partial charge in [0.15, 0.2) is 0 Å². The fraction of sp³-hybridized carbons (Fsp3) is 0.409. The van der Waals surface area contributed by atoms with Crippen LogP contribution in [0.15, 0.2) is 36.8 Å². The minimum atomic E-state index is -1.20. The van der Waals surface area contributed by atoms with Crippen molar-refractivity contribution in [3.63, 3.8) is 0 Å². The molecule has 12 nitrogen and oxygen atoms in total. The average molecular weight is 475 g/mol. The molecule has 2 aromatic rings. The number of phenolic OH excluding ortho intramolecular Hbond substituents is 1. The van der Waals surface area contributed by atoms with Gasteiger partial charge in [-0.15, -0.1) is 0 Å². The molecule has 1 heterocycles. The van der Waals surface area contributed by atoms with Crippen LogP contribution in [0.2, 0.25) is 0 Å². The van der Waals surface area contributed by atoms with Gasteiger partial charge in [0.05, 0.1) is 12.9 Å². The fourth-order valence-corrected chi connectivity index (χ4v) is 3.20. The van der Waals surface area contributed by atoms with Gasteiger partial charge in [-0.25, -0.2) is 9.78 Å². The lowest BCUT2D eigenvalue weighted by Crippen LogP contribution is -2.57. The molecule has 0 radical (unpaired) electrons. The molecule has 0 saturated heterocycles. The van der Waals surface area contributed by atoms with Gasteiger partial charge in [0.2, 0.25) is 17.7 Å². The molecular weight excluding hydrogens is 444 g/mol. The lowest BCUT2D eigenvalue weighted by atomic mass is 10.0. The van der Waals surface area contributed by atoms with Crippen molar-refractivity contribution < 1.29 is 29.4 Å². The van der Waals surface area contributed by atoms with E-state index in [0.717, 1.165) is 0 Å². The summed E-state index contributed by atoms with van der Waals surface area (Å²) in [6, 6.07) is 2.71. The van der Waals surface area contributed by atoms with E-state index in [4.69, 9.17) is 5.73 Å². The minimum Gasteiger partial charge on any atom is -0.508 e. The van der Waals surface area contributed by atoms with Crippen molar-refractivity contribution in [1.29, 1.82) is 0 Å². The van der Waals surface area contributed by atoms with Crippen molar-refractivity contribution in [3.05, 3.63) is 48.0 Å². The van der Waals surface area contributed by atoms with Crippen molar-refractivity contribution in [1.82, 2.24) is 25.9 Å². The molecule has 0 aliphatic rings. The van der Waals surface area contributed by atoms with Crippen LogP contribution in [0, 0.1) is 5.92 Å². The minimum absolute atomic E-state index is 0.0127. The molecule has 8 N–H and O–H groups in total. The summed E-state index contributed by atoms with van der Waals surface area (Å²) in [6.45, 7) is 2.96. The van der Waals surface area contributed by atoms with Crippen LogP contribution in [-0.4, -0.2) is 68.5 Å². The smallest absolute Gasteiger partial charge is 0.326 e. The molecule has 0 bridgehead atoms. The number of aromatic hydroxyl groups is 1. The van der Waals surface area contributed by atoms with Crippen molar-refractivity contribution in [2.75, 3.05) is 6.54 Å². The molecule has 3 unspecified atom stereocenters. The molecule has 0 aliphatic carbocycles. The number of nitrogens with zero attached hydrogens (tertiary/aromatic N) is 1. The summed E-state index contributed by atoms with van der Waals surface area (Å²) in [5.74, 6) is -3.47. The van der Waals surface area contributed by atoms with E-state index in [9.17, 15) is 29.4 Å². The molecule has 0 spiro atoms. The summed E-state index contributed by atoms with van der Waals surface area (Å²) in [6.07, 6.45) is 2.97. The Labute approximate surface area is 196 Å². The lowest BCUT2D eigenvalue weighted by Gasteiger charge is -2.25. The molecule has 2 rings (SSSR count). The highest BCUT2D eigenvalue weighted by molar-refractivity contribution is 5.93. The quantitative estimate of drug-likeness (QED) is 0.204. The number of benzene rings is 1. The maximum atomic E-state index is 13.1.